The maximum absolute atomic E-state index is 2.37. The largest absolute Gasteiger partial charge is 0.139 e. The fraction of sp³-hybridized carbons (Fsp3) is 0. The van der Waals surface area contributed by atoms with Crippen molar-refractivity contribution in [3.05, 3.63) is 152 Å². The van der Waals surface area contributed by atoms with E-state index in [0.717, 1.165) is 0 Å². The molecule has 0 N–H and O–H groups in total. The van der Waals surface area contributed by atoms with E-state index in [9.17, 15) is 0 Å². The second kappa shape index (κ2) is 9.78. The Bertz CT molecular complexity index is 1950. The average Bonchev–Trinajstić information content (AvgIpc) is 3.01. The molecule has 0 aromatic heterocycles. The Morgan fingerprint density at radius 3 is 1.21 bits per heavy atom. The van der Waals surface area contributed by atoms with Crippen molar-refractivity contribution in [3.8, 4) is 44.5 Å². The quantitative estimate of drug-likeness (QED) is 0.169. The second-order valence-corrected chi connectivity index (χ2v) is 10.2. The van der Waals surface area contributed by atoms with Crippen molar-refractivity contribution in [1.82, 2.24) is 0 Å². The average molecular weight is 494 g/mol. The van der Waals surface area contributed by atoms with Crippen LogP contribution in [0.1, 0.15) is 0 Å². The molecule has 0 atom stereocenters. The fourth-order valence-electron chi connectivity index (χ4n) is 6.01. The van der Waals surface area contributed by atoms with Gasteiger partial charge in [-0.25, -0.2) is 0 Å². The van der Waals surface area contributed by atoms with Gasteiger partial charge in [-0.3, -0.25) is 0 Å². The van der Waals surface area contributed by atoms with Gasteiger partial charge in [-0.2, -0.15) is 0 Å². The lowest BCUT2D eigenvalue weighted by Crippen LogP contribution is -2.02. The van der Waals surface area contributed by atoms with Gasteiger partial charge in [-0.05, 0) is 66.1 Å². The van der Waals surface area contributed by atoms with E-state index >= 15 is 0 Å². The van der Waals surface area contributed by atoms with Crippen LogP contribution in [0.5, 0.6) is 0 Å². The highest BCUT2D eigenvalue weighted by Crippen LogP contribution is 2.47. The molecule has 0 aliphatic carbocycles. The number of fused-ring (bicyclic) bond motifs is 2. The summed E-state index contributed by atoms with van der Waals surface area (Å²) >= 11 is 0. The van der Waals surface area contributed by atoms with Crippen LogP contribution in [-0.2, 0) is 0 Å². The monoisotopic (exact) mass is 494 g/mol. The van der Waals surface area contributed by atoms with Crippen LogP contribution in [0.2, 0.25) is 0 Å². The van der Waals surface area contributed by atoms with Crippen LogP contribution in [0.25, 0.3) is 66.1 Å². The summed E-state index contributed by atoms with van der Waals surface area (Å²) in [7, 11) is 2.19. The van der Waals surface area contributed by atoms with Crippen LogP contribution < -0.4 is 5.46 Å². The van der Waals surface area contributed by atoms with Gasteiger partial charge >= 0.3 is 0 Å². The number of rotatable bonds is 4. The van der Waals surface area contributed by atoms with Crippen molar-refractivity contribution in [2.45, 2.75) is 0 Å². The Morgan fingerprint density at radius 1 is 0.308 bits per heavy atom. The van der Waals surface area contributed by atoms with Crippen LogP contribution in [0.15, 0.2) is 152 Å². The molecule has 7 aromatic carbocycles. The van der Waals surface area contributed by atoms with E-state index in [1.165, 1.54) is 71.5 Å². The van der Waals surface area contributed by atoms with Crippen LogP contribution in [0.3, 0.4) is 0 Å². The number of benzene rings is 7. The fourth-order valence-corrected chi connectivity index (χ4v) is 6.01. The molecule has 0 heterocycles. The molecule has 0 radical (unpaired) electrons. The summed E-state index contributed by atoms with van der Waals surface area (Å²) < 4.78 is 0. The van der Waals surface area contributed by atoms with Crippen LogP contribution in [-0.4, -0.2) is 7.85 Å². The van der Waals surface area contributed by atoms with E-state index < -0.39 is 0 Å². The SMILES string of the molecule is Bc1ccc2c(-c3ccccc3-c3ccccc3)c3ccccc3c(-c3ccccc3-c3ccccc3)c2c1. The minimum Gasteiger partial charge on any atom is -0.0883 e. The number of hydrogen-bond donors (Lipinski definition) is 0. The summed E-state index contributed by atoms with van der Waals surface area (Å²) in [5.41, 5.74) is 11.3. The standard InChI is InChI=1S/C38H27B/c39-28-23-24-35-36(25-28)38(32-20-10-8-18-30(32)27-15-5-2-6-16-27)34-22-12-11-21-33(34)37(35)31-19-9-7-17-29(31)26-13-3-1-4-14-26/h1-25H,39H2. The highest BCUT2D eigenvalue weighted by atomic mass is 14.2. The molecule has 0 nitrogen and oxygen atoms in total. The van der Waals surface area contributed by atoms with E-state index in [2.05, 4.69) is 160 Å². The molecule has 0 aliphatic heterocycles. The third-order valence-electron chi connectivity index (χ3n) is 7.74. The van der Waals surface area contributed by atoms with Gasteiger partial charge in [0.2, 0.25) is 0 Å². The van der Waals surface area contributed by atoms with Crippen molar-refractivity contribution in [3.63, 3.8) is 0 Å². The first-order valence-corrected chi connectivity index (χ1v) is 13.5. The number of hydrogen-bond acceptors (Lipinski definition) is 0. The molecule has 7 rings (SSSR count). The molecular formula is C38H27B. The predicted molar refractivity (Wildman–Crippen MR) is 171 cm³/mol. The smallest absolute Gasteiger partial charge is 0.0883 e. The van der Waals surface area contributed by atoms with E-state index in [1.54, 1.807) is 0 Å². The molecule has 182 valence electrons. The van der Waals surface area contributed by atoms with Gasteiger partial charge in [-0.1, -0.05) is 157 Å². The zero-order chi connectivity index (χ0) is 26.2. The van der Waals surface area contributed by atoms with Crippen molar-refractivity contribution in [2.24, 2.45) is 0 Å². The van der Waals surface area contributed by atoms with Crippen LogP contribution in [0, 0.1) is 0 Å². The third-order valence-corrected chi connectivity index (χ3v) is 7.74. The molecule has 0 amide bonds. The first kappa shape index (κ1) is 23.3. The molecule has 0 saturated carbocycles. The van der Waals surface area contributed by atoms with E-state index in [-0.39, 0.29) is 0 Å². The lowest BCUT2D eigenvalue weighted by atomic mass is 9.80. The first-order valence-electron chi connectivity index (χ1n) is 13.5. The Kier molecular flexibility index (Phi) is 5.83. The molecular weight excluding hydrogens is 467 g/mol. The summed E-state index contributed by atoms with van der Waals surface area (Å²) in [5.74, 6) is 0. The summed E-state index contributed by atoms with van der Waals surface area (Å²) in [5, 5.41) is 5.11. The second-order valence-electron chi connectivity index (χ2n) is 10.2. The minimum absolute atomic E-state index is 1.23. The maximum Gasteiger partial charge on any atom is 0.139 e. The lowest BCUT2D eigenvalue weighted by Gasteiger charge is -2.21. The summed E-state index contributed by atoms with van der Waals surface area (Å²) in [6.45, 7) is 0. The van der Waals surface area contributed by atoms with Gasteiger partial charge in [0.1, 0.15) is 7.85 Å². The Balaban J connectivity index is 1.63. The molecule has 0 bridgehead atoms. The van der Waals surface area contributed by atoms with Crippen molar-refractivity contribution in [2.75, 3.05) is 0 Å². The van der Waals surface area contributed by atoms with Gasteiger partial charge < -0.3 is 0 Å². The molecule has 0 unspecified atom stereocenters. The zero-order valence-corrected chi connectivity index (χ0v) is 21.9. The van der Waals surface area contributed by atoms with Crippen molar-refractivity contribution >= 4 is 34.9 Å². The minimum atomic E-state index is 1.23. The predicted octanol–water partition coefficient (Wildman–Crippen LogP) is 8.92. The molecule has 1 heteroatoms. The molecule has 0 spiro atoms. The van der Waals surface area contributed by atoms with Crippen LogP contribution in [0.4, 0.5) is 0 Å². The van der Waals surface area contributed by atoms with E-state index in [0.29, 0.717) is 0 Å². The molecule has 0 aliphatic rings. The highest BCUT2D eigenvalue weighted by Gasteiger charge is 2.20. The van der Waals surface area contributed by atoms with Gasteiger partial charge in [0.15, 0.2) is 0 Å². The Labute approximate surface area is 230 Å². The van der Waals surface area contributed by atoms with Crippen LogP contribution >= 0.6 is 0 Å². The Hall–Kier alpha value is -4.88. The Morgan fingerprint density at radius 2 is 0.692 bits per heavy atom. The molecule has 7 aromatic rings. The molecule has 0 fully saturated rings. The molecule has 0 saturated heterocycles. The first-order chi connectivity index (χ1) is 19.3. The summed E-state index contributed by atoms with van der Waals surface area (Å²) in [4.78, 5) is 0. The van der Waals surface area contributed by atoms with Gasteiger partial charge in [0.25, 0.3) is 0 Å². The summed E-state index contributed by atoms with van der Waals surface area (Å²) in [6, 6.07) is 55.0. The van der Waals surface area contributed by atoms with Gasteiger partial charge in [0, 0.05) is 0 Å². The summed E-state index contributed by atoms with van der Waals surface area (Å²) in [6.07, 6.45) is 0. The van der Waals surface area contributed by atoms with Crippen molar-refractivity contribution in [1.29, 1.82) is 0 Å². The highest BCUT2D eigenvalue weighted by molar-refractivity contribution is 6.34. The van der Waals surface area contributed by atoms with E-state index in [4.69, 9.17) is 0 Å². The van der Waals surface area contributed by atoms with Crippen molar-refractivity contribution < 1.29 is 0 Å². The van der Waals surface area contributed by atoms with Gasteiger partial charge in [-0.15, -0.1) is 0 Å². The third kappa shape index (κ3) is 4.04. The normalized spacial score (nSPS) is 11.2. The zero-order valence-electron chi connectivity index (χ0n) is 21.9. The molecule has 39 heavy (non-hydrogen) atoms. The van der Waals surface area contributed by atoms with Gasteiger partial charge in [0.05, 0.1) is 0 Å². The van der Waals surface area contributed by atoms with E-state index in [1.807, 2.05) is 0 Å². The lowest BCUT2D eigenvalue weighted by molar-refractivity contribution is 1.60. The topological polar surface area (TPSA) is 0 Å². The maximum atomic E-state index is 2.37.